The highest BCUT2D eigenvalue weighted by Gasteiger charge is 2.95. The van der Waals surface area contributed by atoms with E-state index < -0.39 is 63.9 Å². The molecule has 0 aromatic carbocycles. The number of hydrogen-bond acceptors (Lipinski definition) is 0. The molecule has 34 heavy (non-hydrogen) atoms. The zero-order valence-electron chi connectivity index (χ0n) is 16.2. The molecular formula is C16H14F17I. The molecule has 1 aliphatic rings. The molecule has 0 aromatic heterocycles. The van der Waals surface area contributed by atoms with Crippen molar-refractivity contribution in [2.45, 2.75) is 90.1 Å². The third-order valence-electron chi connectivity index (χ3n) is 5.40. The lowest BCUT2D eigenvalue weighted by Gasteiger charge is -2.43. The predicted octanol–water partition coefficient (Wildman–Crippen LogP) is 8.77. The van der Waals surface area contributed by atoms with Crippen molar-refractivity contribution in [1.29, 1.82) is 0 Å². The van der Waals surface area contributed by atoms with Crippen LogP contribution >= 0.6 is 22.6 Å². The molecule has 0 heterocycles. The van der Waals surface area contributed by atoms with Crippen LogP contribution in [0.5, 0.6) is 0 Å². The van der Waals surface area contributed by atoms with Crippen molar-refractivity contribution in [3.8, 4) is 0 Å². The second-order valence-corrected chi connectivity index (χ2v) is 9.37. The van der Waals surface area contributed by atoms with Gasteiger partial charge >= 0.3 is 47.6 Å². The van der Waals surface area contributed by atoms with Gasteiger partial charge in [0.2, 0.25) is 0 Å². The van der Waals surface area contributed by atoms with Gasteiger partial charge in [0.25, 0.3) is 0 Å². The quantitative estimate of drug-likeness (QED) is 0.132. The van der Waals surface area contributed by atoms with Gasteiger partial charge in [-0.05, 0) is 18.8 Å². The molecule has 0 bridgehead atoms. The minimum Gasteiger partial charge on any atom is -0.200 e. The van der Waals surface area contributed by atoms with Gasteiger partial charge in [0.1, 0.15) is 0 Å². The summed E-state index contributed by atoms with van der Waals surface area (Å²) >= 11 is 1.09. The topological polar surface area (TPSA) is 0 Å². The van der Waals surface area contributed by atoms with E-state index >= 15 is 0 Å². The summed E-state index contributed by atoms with van der Waals surface area (Å²) in [6, 6.07) is 0. The maximum Gasteiger partial charge on any atom is 0.460 e. The Morgan fingerprint density at radius 1 is 0.500 bits per heavy atom. The van der Waals surface area contributed by atoms with Gasteiger partial charge < -0.3 is 0 Å². The fourth-order valence-corrected chi connectivity index (χ4v) is 4.50. The highest BCUT2D eigenvalue weighted by molar-refractivity contribution is 14.1. The molecule has 1 atom stereocenters. The SMILES string of the molecule is FC(F)(F)C(F)(F)C(F)(F)C(F)(F)C(F)(F)C(F)(F)C(F)(F)C(F)(F)CC(I)C1CCCCC1. The largest absolute Gasteiger partial charge is 0.460 e. The lowest BCUT2D eigenvalue weighted by Crippen LogP contribution is -2.74. The summed E-state index contributed by atoms with van der Waals surface area (Å²) in [6.07, 6.45) is -8.44. The van der Waals surface area contributed by atoms with Gasteiger partial charge in [0.15, 0.2) is 0 Å². The van der Waals surface area contributed by atoms with Crippen LogP contribution in [0.4, 0.5) is 74.6 Å². The molecule has 18 heteroatoms. The molecule has 0 aromatic rings. The number of rotatable bonds is 9. The van der Waals surface area contributed by atoms with E-state index in [1.165, 1.54) is 0 Å². The van der Waals surface area contributed by atoms with E-state index in [1.807, 2.05) is 0 Å². The molecule has 1 unspecified atom stereocenters. The molecular weight excluding hydrogens is 642 g/mol. The first kappa shape index (κ1) is 31.6. The van der Waals surface area contributed by atoms with Gasteiger partial charge in [-0.25, -0.2) is 0 Å². The second-order valence-electron chi connectivity index (χ2n) is 7.77. The van der Waals surface area contributed by atoms with Crippen LogP contribution < -0.4 is 0 Å². The summed E-state index contributed by atoms with van der Waals surface area (Å²) in [5.74, 6) is -56.6. The monoisotopic (exact) mass is 656 g/mol. The third-order valence-corrected chi connectivity index (χ3v) is 6.86. The molecule has 1 saturated carbocycles. The maximum atomic E-state index is 14.0. The van der Waals surface area contributed by atoms with Gasteiger partial charge in [0, 0.05) is 10.3 Å². The number of alkyl halides is 18. The molecule has 1 fully saturated rings. The maximum absolute atomic E-state index is 14.0. The standard InChI is InChI=1S/C16H14F17I/c17-9(18,6-8(34)7-4-2-1-3-5-7)10(19,20)11(21,22)12(23,24)13(25,26)14(27,28)15(29,30)16(31,32)33/h7-8H,1-6H2. The fourth-order valence-electron chi connectivity index (χ4n) is 3.23. The van der Waals surface area contributed by atoms with Crippen molar-refractivity contribution in [2.24, 2.45) is 5.92 Å². The van der Waals surface area contributed by atoms with E-state index in [4.69, 9.17) is 0 Å². The lowest BCUT2D eigenvalue weighted by atomic mass is 9.83. The Hall–Kier alpha value is -0.460. The predicted molar refractivity (Wildman–Crippen MR) is 89.7 cm³/mol. The first-order chi connectivity index (χ1) is 14.7. The highest BCUT2D eigenvalue weighted by Crippen LogP contribution is 2.64. The first-order valence-electron chi connectivity index (χ1n) is 9.09. The van der Waals surface area contributed by atoms with Crippen molar-refractivity contribution in [1.82, 2.24) is 0 Å². The Morgan fingerprint density at radius 3 is 1.18 bits per heavy atom. The Kier molecular flexibility index (Phi) is 8.48. The van der Waals surface area contributed by atoms with E-state index in [0.717, 1.165) is 22.6 Å². The van der Waals surface area contributed by atoms with Crippen LogP contribution in [-0.4, -0.2) is 51.6 Å². The molecule has 1 rings (SSSR count). The van der Waals surface area contributed by atoms with Crippen LogP contribution in [0.2, 0.25) is 0 Å². The lowest BCUT2D eigenvalue weighted by molar-refractivity contribution is -0.461. The molecule has 0 nitrogen and oxygen atoms in total. The zero-order chi connectivity index (χ0) is 27.4. The van der Waals surface area contributed by atoms with Crippen LogP contribution in [0.1, 0.15) is 38.5 Å². The Morgan fingerprint density at radius 2 is 0.824 bits per heavy atom. The normalized spacial score (nSPS) is 19.9. The summed E-state index contributed by atoms with van der Waals surface area (Å²) in [4.78, 5) is 0. The summed E-state index contributed by atoms with van der Waals surface area (Å²) in [5, 5.41) is 0. The zero-order valence-corrected chi connectivity index (χ0v) is 18.4. The summed E-state index contributed by atoms with van der Waals surface area (Å²) in [5.41, 5.74) is 0. The molecule has 1 aliphatic carbocycles. The van der Waals surface area contributed by atoms with Crippen LogP contribution in [0.3, 0.4) is 0 Å². The van der Waals surface area contributed by atoms with E-state index in [9.17, 15) is 74.6 Å². The number of halogens is 18. The first-order valence-corrected chi connectivity index (χ1v) is 10.3. The molecule has 0 radical (unpaired) electrons. The molecule has 0 saturated heterocycles. The van der Waals surface area contributed by atoms with Crippen molar-refractivity contribution in [3.63, 3.8) is 0 Å². The minimum absolute atomic E-state index is 0.124. The molecule has 0 N–H and O–H groups in total. The summed E-state index contributed by atoms with van der Waals surface area (Å²) in [7, 11) is 0. The van der Waals surface area contributed by atoms with Crippen molar-refractivity contribution in [3.05, 3.63) is 0 Å². The second kappa shape index (κ2) is 9.13. The average Bonchev–Trinajstić information content (AvgIpc) is 2.66. The van der Waals surface area contributed by atoms with E-state index in [0.29, 0.717) is 19.3 Å². The van der Waals surface area contributed by atoms with Gasteiger partial charge in [-0.3, -0.25) is 0 Å². The average molecular weight is 656 g/mol. The van der Waals surface area contributed by atoms with E-state index in [1.54, 1.807) is 0 Å². The van der Waals surface area contributed by atoms with Crippen LogP contribution in [0.25, 0.3) is 0 Å². The van der Waals surface area contributed by atoms with E-state index in [2.05, 4.69) is 0 Å². The van der Waals surface area contributed by atoms with E-state index in [-0.39, 0.29) is 12.8 Å². The Labute approximate surface area is 193 Å². The molecule has 0 amide bonds. The molecule has 0 spiro atoms. The summed E-state index contributed by atoms with van der Waals surface area (Å²) in [6.45, 7) is 0. The third kappa shape index (κ3) is 4.65. The minimum atomic E-state index is -8.57. The van der Waals surface area contributed by atoms with Crippen molar-refractivity contribution >= 4 is 22.6 Å². The Bertz CT molecular complexity index is 705. The van der Waals surface area contributed by atoms with Gasteiger partial charge in [0.05, 0.1) is 0 Å². The highest BCUT2D eigenvalue weighted by atomic mass is 127. The van der Waals surface area contributed by atoms with Crippen molar-refractivity contribution in [2.75, 3.05) is 0 Å². The van der Waals surface area contributed by atoms with Crippen LogP contribution in [0, 0.1) is 5.92 Å². The van der Waals surface area contributed by atoms with Crippen molar-refractivity contribution < 1.29 is 74.6 Å². The van der Waals surface area contributed by atoms with Crippen LogP contribution in [-0.2, 0) is 0 Å². The van der Waals surface area contributed by atoms with Crippen LogP contribution in [0.15, 0.2) is 0 Å². The molecule has 204 valence electrons. The number of hydrogen-bond donors (Lipinski definition) is 0. The van der Waals surface area contributed by atoms with Gasteiger partial charge in [-0.2, -0.15) is 74.6 Å². The molecule has 0 aliphatic heterocycles. The van der Waals surface area contributed by atoms with Gasteiger partial charge in [-0.1, -0.05) is 41.9 Å². The smallest absolute Gasteiger partial charge is 0.200 e. The Balaban J connectivity index is 3.44. The van der Waals surface area contributed by atoms with Gasteiger partial charge in [-0.15, -0.1) is 0 Å². The fraction of sp³-hybridized carbons (Fsp3) is 1.00. The summed E-state index contributed by atoms with van der Waals surface area (Å²) < 4.78 is 224.